The highest BCUT2D eigenvalue weighted by atomic mass is 32.2. The van der Waals surface area contributed by atoms with Gasteiger partial charge in [-0.05, 0) is 44.5 Å². The van der Waals surface area contributed by atoms with Gasteiger partial charge in [-0.3, -0.25) is 24.1 Å². The summed E-state index contributed by atoms with van der Waals surface area (Å²) in [6.45, 7) is 6.23. The maximum Gasteiger partial charge on any atom is 0.244 e. The smallest absolute Gasteiger partial charge is 0.244 e. The summed E-state index contributed by atoms with van der Waals surface area (Å²) in [5.74, 6) is 15.2. The number of Topliss-reactive ketones (excluding diaryl/α,β-unsaturated/α-hetero) is 1. The Labute approximate surface area is 158 Å². The maximum absolute atomic E-state index is 11.9. The SMILES string of the molecule is CC#CC#CC#CC.CC(=O)CCSC1CC(=O)N(CNC(C)=O)C1=O. The highest BCUT2D eigenvalue weighted by Gasteiger charge is 2.38. The Morgan fingerprint density at radius 3 is 2.15 bits per heavy atom. The number of nitrogens with one attached hydrogen (secondary N) is 1. The summed E-state index contributed by atoms with van der Waals surface area (Å²) in [6.07, 6.45) is 0.537. The second-order valence-corrected chi connectivity index (χ2v) is 6.38. The van der Waals surface area contributed by atoms with E-state index in [1.54, 1.807) is 13.8 Å². The Hall–Kier alpha value is -2.69. The lowest BCUT2D eigenvalue weighted by molar-refractivity contribution is -0.139. The van der Waals surface area contributed by atoms with Gasteiger partial charge in [-0.1, -0.05) is 11.8 Å². The van der Waals surface area contributed by atoms with Crippen LogP contribution < -0.4 is 5.32 Å². The minimum absolute atomic E-state index is 0.0642. The van der Waals surface area contributed by atoms with Crippen LogP contribution in [0.5, 0.6) is 0 Å². The highest BCUT2D eigenvalue weighted by Crippen LogP contribution is 2.25. The van der Waals surface area contributed by atoms with Gasteiger partial charge in [0.25, 0.3) is 0 Å². The molecule has 1 N–H and O–H groups in total. The number of ketones is 1. The molecule has 1 heterocycles. The van der Waals surface area contributed by atoms with Crippen molar-refractivity contribution in [2.75, 3.05) is 12.4 Å². The summed E-state index contributed by atoms with van der Waals surface area (Å²) in [7, 11) is 0. The third kappa shape index (κ3) is 10.2. The van der Waals surface area contributed by atoms with Crippen LogP contribution in [-0.4, -0.2) is 46.1 Å². The topological polar surface area (TPSA) is 83.6 Å². The van der Waals surface area contributed by atoms with Crippen LogP contribution in [0.2, 0.25) is 0 Å². The summed E-state index contributed by atoms with van der Waals surface area (Å²) in [4.78, 5) is 46.0. The van der Waals surface area contributed by atoms with Crippen LogP contribution in [0.25, 0.3) is 0 Å². The number of hydrogen-bond acceptors (Lipinski definition) is 5. The second kappa shape index (κ2) is 13.6. The van der Waals surface area contributed by atoms with Crippen molar-refractivity contribution >= 4 is 35.3 Å². The standard InChI is InChI=1S/C11H16N2O4S.C8H6/c1-7(14)3-4-18-9-5-10(16)13(11(9)17)6-12-8(2)15;1-3-5-7-8-6-4-2/h9H,3-6H2,1-2H3,(H,12,15);1-2H3. The van der Waals surface area contributed by atoms with E-state index in [-0.39, 0.29) is 36.6 Å². The zero-order valence-electron chi connectivity index (χ0n) is 15.4. The average molecular weight is 374 g/mol. The molecule has 0 radical (unpaired) electrons. The summed E-state index contributed by atoms with van der Waals surface area (Å²) in [6, 6.07) is 0. The summed E-state index contributed by atoms with van der Waals surface area (Å²) < 4.78 is 0. The van der Waals surface area contributed by atoms with Crippen molar-refractivity contribution in [3.8, 4) is 35.5 Å². The maximum atomic E-state index is 11.9. The number of amides is 3. The van der Waals surface area contributed by atoms with E-state index in [9.17, 15) is 19.2 Å². The van der Waals surface area contributed by atoms with Crippen LogP contribution in [0.15, 0.2) is 0 Å². The molecule has 138 valence electrons. The fourth-order valence-corrected chi connectivity index (χ4v) is 2.89. The van der Waals surface area contributed by atoms with Gasteiger partial charge in [-0.15, -0.1) is 11.8 Å². The molecule has 3 amide bonds. The number of carbonyl (C=O) groups is 4. The molecule has 1 unspecified atom stereocenters. The van der Waals surface area contributed by atoms with Crippen LogP contribution in [0.1, 0.15) is 40.5 Å². The van der Waals surface area contributed by atoms with E-state index < -0.39 is 5.25 Å². The third-order valence-corrected chi connectivity index (χ3v) is 4.11. The van der Waals surface area contributed by atoms with Crippen molar-refractivity contribution in [1.29, 1.82) is 0 Å². The first-order valence-electron chi connectivity index (χ1n) is 7.86. The first-order chi connectivity index (χ1) is 12.3. The van der Waals surface area contributed by atoms with E-state index in [2.05, 4.69) is 40.8 Å². The number of carbonyl (C=O) groups excluding carboxylic acids is 4. The Morgan fingerprint density at radius 1 is 1.12 bits per heavy atom. The Morgan fingerprint density at radius 2 is 1.69 bits per heavy atom. The summed E-state index contributed by atoms with van der Waals surface area (Å²) >= 11 is 1.32. The largest absolute Gasteiger partial charge is 0.338 e. The van der Waals surface area contributed by atoms with Gasteiger partial charge < -0.3 is 5.32 Å². The summed E-state index contributed by atoms with van der Waals surface area (Å²) in [5, 5.41) is 2.00. The molecule has 0 aromatic rings. The van der Waals surface area contributed by atoms with Crippen molar-refractivity contribution < 1.29 is 19.2 Å². The molecule has 7 heteroatoms. The molecule has 1 atom stereocenters. The van der Waals surface area contributed by atoms with Gasteiger partial charge >= 0.3 is 0 Å². The van der Waals surface area contributed by atoms with E-state index in [1.165, 1.54) is 25.6 Å². The molecule has 0 aromatic carbocycles. The van der Waals surface area contributed by atoms with Crippen molar-refractivity contribution in [3.63, 3.8) is 0 Å². The minimum Gasteiger partial charge on any atom is -0.338 e. The molecule has 0 aromatic heterocycles. The lowest BCUT2D eigenvalue weighted by atomic mass is 10.3. The average Bonchev–Trinajstić information content (AvgIpc) is 2.84. The number of imide groups is 1. The van der Waals surface area contributed by atoms with Gasteiger partial charge in [0.15, 0.2) is 0 Å². The van der Waals surface area contributed by atoms with Gasteiger partial charge in [-0.25, -0.2) is 0 Å². The van der Waals surface area contributed by atoms with Crippen molar-refractivity contribution in [1.82, 2.24) is 10.2 Å². The number of hydrogen-bond donors (Lipinski definition) is 1. The van der Waals surface area contributed by atoms with Crippen LogP contribution in [0.3, 0.4) is 0 Å². The normalized spacial score (nSPS) is 14.5. The Bertz CT molecular complexity index is 702. The lowest BCUT2D eigenvalue weighted by Gasteiger charge is -2.14. The molecular formula is C19H22N2O4S. The van der Waals surface area contributed by atoms with Gasteiger partial charge in [-0.2, -0.15) is 0 Å². The molecule has 26 heavy (non-hydrogen) atoms. The fourth-order valence-electron chi connectivity index (χ4n) is 1.67. The molecule has 1 aliphatic rings. The predicted octanol–water partition coefficient (Wildman–Crippen LogP) is 0.956. The zero-order chi connectivity index (χ0) is 19.9. The number of rotatable bonds is 6. The quantitative estimate of drug-likeness (QED) is 0.553. The molecule has 0 aliphatic carbocycles. The van der Waals surface area contributed by atoms with Crippen molar-refractivity contribution in [2.45, 2.75) is 45.8 Å². The van der Waals surface area contributed by atoms with Crippen LogP contribution in [-0.2, 0) is 19.2 Å². The molecule has 1 fully saturated rings. The summed E-state index contributed by atoms with van der Waals surface area (Å²) in [5.41, 5.74) is 0. The fraction of sp³-hybridized carbons (Fsp3) is 0.474. The van der Waals surface area contributed by atoms with Crippen molar-refractivity contribution in [3.05, 3.63) is 0 Å². The zero-order valence-corrected chi connectivity index (χ0v) is 16.2. The molecule has 0 bridgehead atoms. The van der Waals surface area contributed by atoms with Crippen molar-refractivity contribution in [2.24, 2.45) is 0 Å². The number of thioether (sulfide) groups is 1. The van der Waals surface area contributed by atoms with E-state index in [0.29, 0.717) is 12.2 Å². The van der Waals surface area contributed by atoms with Gasteiger partial charge in [0.05, 0.1) is 5.25 Å². The molecule has 0 spiro atoms. The van der Waals surface area contributed by atoms with Crippen LogP contribution in [0.4, 0.5) is 0 Å². The van der Waals surface area contributed by atoms with Crippen LogP contribution in [0, 0.1) is 35.5 Å². The minimum atomic E-state index is -0.425. The van der Waals surface area contributed by atoms with Gasteiger partial charge in [0.2, 0.25) is 17.7 Å². The van der Waals surface area contributed by atoms with E-state index in [1.807, 2.05) is 0 Å². The molecule has 1 aliphatic heterocycles. The first-order valence-corrected chi connectivity index (χ1v) is 8.91. The Kier molecular flexibility index (Phi) is 12.2. The van der Waals surface area contributed by atoms with Gasteiger partial charge in [0.1, 0.15) is 12.5 Å². The van der Waals surface area contributed by atoms with E-state index in [4.69, 9.17) is 0 Å². The van der Waals surface area contributed by atoms with Gasteiger partial charge in [0, 0.05) is 25.5 Å². The molecular weight excluding hydrogens is 352 g/mol. The number of likely N-dealkylation sites (tertiary alicyclic amines) is 1. The van der Waals surface area contributed by atoms with Crippen LogP contribution >= 0.6 is 11.8 Å². The Balaban J connectivity index is 0.000000660. The van der Waals surface area contributed by atoms with E-state index in [0.717, 1.165) is 4.90 Å². The van der Waals surface area contributed by atoms with E-state index >= 15 is 0 Å². The predicted molar refractivity (Wildman–Crippen MR) is 101 cm³/mol. The molecule has 1 saturated heterocycles. The molecule has 1 rings (SSSR count). The number of nitrogens with zero attached hydrogens (tertiary/aromatic N) is 1. The second-order valence-electron chi connectivity index (χ2n) is 5.07. The highest BCUT2D eigenvalue weighted by molar-refractivity contribution is 8.00. The molecule has 6 nitrogen and oxygen atoms in total. The molecule has 0 saturated carbocycles. The third-order valence-electron chi connectivity index (χ3n) is 2.90. The first kappa shape index (κ1) is 23.3. The lowest BCUT2D eigenvalue weighted by Crippen LogP contribution is -2.40. The monoisotopic (exact) mass is 374 g/mol.